The average molecular weight is 774 g/mol. The summed E-state index contributed by atoms with van der Waals surface area (Å²) in [4.78, 5) is 66.7. The van der Waals surface area contributed by atoms with Crippen LogP contribution in [0, 0.1) is 0 Å². The molecule has 0 saturated carbocycles. The number of rotatable bonds is 24. The van der Waals surface area contributed by atoms with E-state index in [4.69, 9.17) is 31.4 Å². The molecule has 2 aliphatic rings. The second kappa shape index (κ2) is 22.4. The largest absolute Gasteiger partial charge is 0.480 e. The number of aromatic amines is 1. The fourth-order valence-electron chi connectivity index (χ4n) is 6.03. The number of hydrogen-bond donors (Lipinski definition) is 12. The maximum absolute atomic E-state index is 12.6. The number of unbranched alkanes of at least 4 members (excludes halogenated alkanes) is 4. The van der Waals surface area contributed by atoms with Crippen LogP contribution in [0.15, 0.2) is 26.8 Å². The smallest absolute Gasteiger partial charge is 0.330 e. The number of aromatic nitrogens is 2. The lowest BCUT2D eigenvalue weighted by molar-refractivity contribution is -0.228. The third-order valence-corrected chi connectivity index (χ3v) is 8.96. The Kier molecular flexibility index (Phi) is 18.4. The zero-order valence-electron chi connectivity index (χ0n) is 30.0. The van der Waals surface area contributed by atoms with Crippen molar-refractivity contribution in [3.63, 3.8) is 0 Å². The second-order valence-electron chi connectivity index (χ2n) is 13.1. The van der Waals surface area contributed by atoms with Gasteiger partial charge in [-0.2, -0.15) is 0 Å². The van der Waals surface area contributed by atoms with E-state index in [0.29, 0.717) is 32.4 Å². The molecule has 0 aliphatic carbocycles. The number of nitrogens with zero attached hydrogens (tertiary/aromatic N) is 2. The quantitative estimate of drug-likeness (QED) is 0.0266. The molecule has 0 unspecified atom stereocenters. The van der Waals surface area contributed by atoms with Gasteiger partial charge in [-0.3, -0.25) is 33.7 Å². The van der Waals surface area contributed by atoms with Gasteiger partial charge >= 0.3 is 11.7 Å². The second-order valence-corrected chi connectivity index (χ2v) is 13.1. The van der Waals surface area contributed by atoms with E-state index < -0.39 is 78.5 Å². The maximum Gasteiger partial charge on any atom is 0.330 e. The van der Waals surface area contributed by atoms with Crippen molar-refractivity contribution in [3.05, 3.63) is 33.1 Å². The van der Waals surface area contributed by atoms with Gasteiger partial charge < -0.3 is 72.9 Å². The molecule has 1 aromatic rings. The molecule has 306 valence electrons. The summed E-state index contributed by atoms with van der Waals surface area (Å²) in [6, 6.07) is -0.699. The molecule has 2 amide bonds. The van der Waals surface area contributed by atoms with Crippen LogP contribution in [0.25, 0.3) is 0 Å². The minimum atomic E-state index is -1.84. The van der Waals surface area contributed by atoms with Crippen molar-refractivity contribution in [2.45, 2.75) is 119 Å². The molecule has 0 aromatic carbocycles. The molecular formula is C32H55N9O13. The topological polar surface area (TPSA) is 361 Å². The van der Waals surface area contributed by atoms with Crippen LogP contribution in [-0.2, 0) is 28.6 Å². The van der Waals surface area contributed by atoms with Gasteiger partial charge in [0.1, 0.15) is 48.8 Å². The number of H-pyrrole nitrogens is 1. The number of nitrogens with one attached hydrogen (secondary N) is 4. The van der Waals surface area contributed by atoms with Crippen LogP contribution in [0.3, 0.4) is 0 Å². The summed E-state index contributed by atoms with van der Waals surface area (Å²) < 4.78 is 17.9. The van der Waals surface area contributed by atoms with Gasteiger partial charge in [0.15, 0.2) is 18.5 Å². The number of nitrogens with two attached hydrogens (primary N) is 3. The molecule has 1 aromatic heterocycles. The predicted molar refractivity (Wildman–Crippen MR) is 190 cm³/mol. The minimum Gasteiger partial charge on any atom is -0.480 e. The van der Waals surface area contributed by atoms with Crippen LogP contribution in [0.4, 0.5) is 0 Å². The Balaban J connectivity index is 1.47. The Labute approximate surface area is 310 Å². The lowest BCUT2D eigenvalue weighted by Crippen LogP contribution is -2.57. The highest BCUT2D eigenvalue weighted by Crippen LogP contribution is 2.34. The molecule has 2 fully saturated rings. The van der Waals surface area contributed by atoms with Crippen LogP contribution in [-0.4, -0.2) is 147 Å². The number of carbonyl (C=O) groups is 3. The predicted octanol–water partition coefficient (Wildman–Crippen LogP) is -4.99. The SMILES string of the molecule is NC[C@H]1O[C@@H](O[C@H]([C@H]2O[C@@H](n3ccc(=O)[nH]c3=O)[C@H](O)[C@@H]2O)[C@H](NCCCNC(=O)CCCCCNC(=O)CCCCCN=C(N)N)C(=O)O)[C@H](O)[C@@H]1O. The Morgan fingerprint density at radius 3 is 2.11 bits per heavy atom. The van der Waals surface area contributed by atoms with Gasteiger partial charge in [-0.05, 0) is 38.6 Å². The van der Waals surface area contributed by atoms with E-state index in [0.717, 1.165) is 42.5 Å². The zero-order chi connectivity index (χ0) is 39.8. The van der Waals surface area contributed by atoms with Gasteiger partial charge in [0, 0.05) is 51.3 Å². The summed E-state index contributed by atoms with van der Waals surface area (Å²) in [5, 5.41) is 61.2. The lowest BCUT2D eigenvalue weighted by atomic mass is 9.98. The van der Waals surface area contributed by atoms with E-state index in [1.807, 2.05) is 4.98 Å². The summed E-state index contributed by atoms with van der Waals surface area (Å²) in [5.74, 6) is -1.69. The number of amides is 2. The number of aliphatic carboxylic acids is 1. The average Bonchev–Trinajstić information content (AvgIpc) is 3.56. The number of carboxylic acids is 1. The summed E-state index contributed by atoms with van der Waals surface area (Å²) >= 11 is 0. The Morgan fingerprint density at radius 1 is 0.870 bits per heavy atom. The number of aliphatic hydroxyl groups is 4. The highest BCUT2D eigenvalue weighted by Gasteiger charge is 2.54. The van der Waals surface area contributed by atoms with E-state index >= 15 is 0 Å². The molecule has 0 radical (unpaired) electrons. The summed E-state index contributed by atoms with van der Waals surface area (Å²) in [7, 11) is 0. The Morgan fingerprint density at radius 2 is 1.52 bits per heavy atom. The number of hydrogen-bond acceptors (Lipinski definition) is 15. The lowest BCUT2D eigenvalue weighted by Gasteiger charge is -2.33. The van der Waals surface area contributed by atoms with E-state index in [1.165, 1.54) is 0 Å². The monoisotopic (exact) mass is 773 g/mol. The van der Waals surface area contributed by atoms with E-state index in [1.54, 1.807) is 0 Å². The van der Waals surface area contributed by atoms with Crippen molar-refractivity contribution in [1.82, 2.24) is 25.5 Å². The minimum absolute atomic E-state index is 0.00335. The molecule has 22 nitrogen and oxygen atoms in total. The van der Waals surface area contributed by atoms with Crippen molar-refractivity contribution in [1.29, 1.82) is 0 Å². The molecule has 3 heterocycles. The number of aliphatic hydroxyl groups excluding tert-OH is 4. The van der Waals surface area contributed by atoms with Crippen LogP contribution < -0.4 is 44.4 Å². The first-order chi connectivity index (χ1) is 25.7. The third kappa shape index (κ3) is 13.4. The number of aliphatic imine (C=N–C) groups is 1. The molecule has 0 bridgehead atoms. The number of guanidine groups is 1. The van der Waals surface area contributed by atoms with Gasteiger partial charge in [-0.1, -0.05) is 12.8 Å². The van der Waals surface area contributed by atoms with Crippen LogP contribution in [0.5, 0.6) is 0 Å². The fraction of sp³-hybridized carbons (Fsp3) is 0.750. The maximum atomic E-state index is 12.6. The van der Waals surface area contributed by atoms with E-state index in [-0.39, 0.29) is 50.2 Å². The van der Waals surface area contributed by atoms with Gasteiger partial charge in [0.05, 0.1) is 0 Å². The van der Waals surface area contributed by atoms with Crippen molar-refractivity contribution in [3.8, 4) is 0 Å². The first-order valence-electron chi connectivity index (χ1n) is 18.0. The van der Waals surface area contributed by atoms with Crippen molar-refractivity contribution in [2.75, 3.05) is 32.7 Å². The highest BCUT2D eigenvalue weighted by molar-refractivity contribution is 5.76. The van der Waals surface area contributed by atoms with Gasteiger partial charge in [-0.25, -0.2) is 4.79 Å². The van der Waals surface area contributed by atoms with Crippen molar-refractivity contribution < 1.29 is 54.1 Å². The van der Waals surface area contributed by atoms with Crippen molar-refractivity contribution in [2.24, 2.45) is 22.2 Å². The number of ether oxygens (including phenoxy) is 3. The molecule has 2 saturated heterocycles. The summed E-state index contributed by atoms with van der Waals surface area (Å²) in [6.07, 6.45) is -8.07. The third-order valence-electron chi connectivity index (χ3n) is 8.96. The molecule has 22 heteroatoms. The van der Waals surface area contributed by atoms with Crippen LogP contribution in [0.1, 0.15) is 64.0 Å². The molecule has 3 rings (SSSR count). The fourth-order valence-corrected chi connectivity index (χ4v) is 6.03. The Hall–Kier alpha value is -4.00. The van der Waals surface area contributed by atoms with Gasteiger partial charge in [0.25, 0.3) is 5.56 Å². The summed E-state index contributed by atoms with van der Waals surface area (Å²) in [5.41, 5.74) is 14.4. The molecule has 2 aliphatic heterocycles. The first-order valence-corrected chi connectivity index (χ1v) is 18.0. The Bertz CT molecular complexity index is 1490. The van der Waals surface area contributed by atoms with E-state index in [9.17, 15) is 49.5 Å². The highest BCUT2D eigenvalue weighted by atomic mass is 16.7. The van der Waals surface area contributed by atoms with Gasteiger partial charge in [0.2, 0.25) is 11.8 Å². The normalized spacial score (nSPS) is 26.2. The zero-order valence-corrected chi connectivity index (χ0v) is 30.0. The molecule has 0 spiro atoms. The molecule has 10 atom stereocenters. The van der Waals surface area contributed by atoms with E-state index in [2.05, 4.69) is 20.9 Å². The van der Waals surface area contributed by atoms with Crippen LogP contribution in [0.2, 0.25) is 0 Å². The van der Waals surface area contributed by atoms with Gasteiger partial charge in [-0.15, -0.1) is 0 Å². The standard InChI is InChI=1S/C32H55N9O13/c33-16-17-22(45)25(48)30(52-17)54-26(27-23(46)24(47)28(53-27)41-15-10-20(44)40-32(41)51)21(29(49)50)38-14-7-13-37-19(43)9-3-1-5-11-36-18(42)8-4-2-6-12-39-31(34)35/h10,15,17,21-28,30,38,45-48H,1-9,11-14,16,33H2,(H,36,42)(H,37,43)(H,49,50)(H4,34,35,39)(H,40,44,51)/t17-,21+,22-,23+,24-,25-,26+,27+,28-,30+/m1/s1. The number of carbonyl (C=O) groups excluding carboxylic acids is 2. The van der Waals surface area contributed by atoms with Crippen LogP contribution >= 0.6 is 0 Å². The molecular weight excluding hydrogens is 718 g/mol. The first kappa shape index (κ1) is 44.4. The summed E-state index contributed by atoms with van der Waals surface area (Å²) in [6.45, 7) is 1.01. The molecule has 54 heavy (non-hydrogen) atoms. The van der Waals surface area contributed by atoms with Crippen molar-refractivity contribution >= 4 is 23.7 Å². The molecule has 15 N–H and O–H groups in total. The number of carboxylic acid groups (broad SMARTS) is 1.